The number of aromatic nitrogens is 1. The predicted octanol–water partition coefficient (Wildman–Crippen LogP) is 1.29. The summed E-state index contributed by atoms with van der Waals surface area (Å²) < 4.78 is 26.0. The van der Waals surface area contributed by atoms with E-state index in [1.54, 1.807) is 0 Å². The third-order valence-electron chi connectivity index (χ3n) is 3.85. The van der Waals surface area contributed by atoms with Crippen molar-refractivity contribution in [1.29, 1.82) is 0 Å². The van der Waals surface area contributed by atoms with E-state index in [2.05, 4.69) is 31.5 Å². The van der Waals surface area contributed by atoms with E-state index < -0.39 is 7.82 Å². The number of hydrogen-bond acceptors (Lipinski definition) is 6. The number of hydrogen-bond donors (Lipinski definition) is 1. The van der Waals surface area contributed by atoms with Crippen molar-refractivity contribution in [3.63, 3.8) is 0 Å². The molecule has 0 fully saturated rings. The number of carbonyl (C=O) groups excluding carboxylic acids is 1. The van der Waals surface area contributed by atoms with Crippen LogP contribution in [-0.4, -0.2) is 38.3 Å². The van der Waals surface area contributed by atoms with Crippen LogP contribution in [0.1, 0.15) is 31.4 Å². The molecule has 0 atom stereocenters. The third kappa shape index (κ3) is 6.36. The zero-order valence-corrected chi connectivity index (χ0v) is 15.6. The highest BCUT2D eigenvalue weighted by atomic mass is 31.2. The van der Waals surface area contributed by atoms with Gasteiger partial charge in [-0.15, -0.1) is 0 Å². The maximum absolute atomic E-state index is 12.0. The zero-order chi connectivity index (χ0) is 18.1. The highest BCUT2D eigenvalue weighted by molar-refractivity contribution is 7.48. The lowest BCUT2D eigenvalue weighted by Crippen LogP contribution is -2.30. The summed E-state index contributed by atoms with van der Waals surface area (Å²) in [6.45, 7) is 0.769. The molecule has 1 aliphatic rings. The second-order valence-corrected chi connectivity index (χ2v) is 7.55. The Morgan fingerprint density at radius 2 is 1.92 bits per heavy atom. The van der Waals surface area contributed by atoms with Gasteiger partial charge in [0.2, 0.25) is 5.91 Å². The van der Waals surface area contributed by atoms with E-state index >= 15 is 0 Å². The van der Waals surface area contributed by atoms with Gasteiger partial charge in [-0.2, -0.15) is 0 Å². The number of nitrogens with zero attached hydrogens (tertiary/aromatic N) is 1. The van der Waals surface area contributed by atoms with E-state index in [0.29, 0.717) is 19.4 Å². The highest BCUT2D eigenvalue weighted by Crippen LogP contribution is 2.47. The summed E-state index contributed by atoms with van der Waals surface area (Å²) in [5.74, 6) is -0.0624. The van der Waals surface area contributed by atoms with E-state index in [4.69, 9.17) is 4.52 Å². The molecule has 1 amide bonds. The summed E-state index contributed by atoms with van der Waals surface area (Å²) in [4.78, 5) is 16.3. The normalized spacial score (nSPS) is 13.5. The summed E-state index contributed by atoms with van der Waals surface area (Å²) >= 11 is 0. The monoisotopic (exact) mass is 368 g/mol. The largest absolute Gasteiger partial charge is 0.474 e. The van der Waals surface area contributed by atoms with Gasteiger partial charge in [0.15, 0.2) is 0 Å². The first-order valence-electron chi connectivity index (χ1n) is 8.34. The Labute approximate surface area is 147 Å². The van der Waals surface area contributed by atoms with Gasteiger partial charge in [0.05, 0.1) is 18.7 Å². The van der Waals surface area contributed by atoms with Crippen molar-refractivity contribution in [3.8, 4) is 0 Å². The lowest BCUT2D eigenvalue weighted by Gasteiger charge is -2.13. The Bertz CT molecular complexity index is 742. The van der Waals surface area contributed by atoms with Gasteiger partial charge in [-0.05, 0) is 42.2 Å². The first kappa shape index (κ1) is 19.8. The maximum Gasteiger partial charge on any atom is 0.474 e. The molecular weight excluding hydrogens is 343 g/mol. The second kappa shape index (κ2) is 9.82. The van der Waals surface area contributed by atoms with Crippen molar-refractivity contribution >= 4 is 25.9 Å². The molecule has 0 bridgehead atoms. The van der Waals surface area contributed by atoms with E-state index in [9.17, 15) is 9.36 Å². The lowest BCUT2D eigenvalue weighted by molar-refractivity contribution is -0.120. The summed E-state index contributed by atoms with van der Waals surface area (Å²) in [6.07, 6.45) is 9.86. The predicted molar refractivity (Wildman–Crippen MR) is 95.2 cm³/mol. The lowest BCUT2D eigenvalue weighted by atomic mass is 10.1. The molecule has 1 aromatic rings. The first-order valence-corrected chi connectivity index (χ1v) is 9.80. The van der Waals surface area contributed by atoms with Gasteiger partial charge < -0.3 is 5.32 Å². The fraction of sp³-hybridized carbons (Fsp3) is 0.529. The van der Waals surface area contributed by atoms with Gasteiger partial charge >= 0.3 is 7.82 Å². The fourth-order valence-electron chi connectivity index (χ4n) is 2.49. The average molecular weight is 368 g/mol. The van der Waals surface area contributed by atoms with Gasteiger partial charge in [0.25, 0.3) is 0 Å². The molecule has 1 N–H and O–H groups in total. The van der Waals surface area contributed by atoms with Crippen LogP contribution in [0.2, 0.25) is 0 Å². The van der Waals surface area contributed by atoms with Gasteiger partial charge in [0.1, 0.15) is 0 Å². The summed E-state index contributed by atoms with van der Waals surface area (Å²) in [5.41, 5.74) is 0.771. The minimum atomic E-state index is -3.41. The minimum absolute atomic E-state index is 0.0624. The molecule has 0 radical (unpaired) electrons. The number of fused-ring (bicyclic) bond motifs is 1. The summed E-state index contributed by atoms with van der Waals surface area (Å²) in [6, 6.07) is 1.98. The van der Waals surface area contributed by atoms with Crippen molar-refractivity contribution < 1.29 is 22.9 Å². The number of amides is 1. The fourth-order valence-corrected chi connectivity index (χ4v) is 3.20. The zero-order valence-electron chi connectivity index (χ0n) is 14.7. The van der Waals surface area contributed by atoms with Crippen LogP contribution in [0.3, 0.4) is 0 Å². The van der Waals surface area contributed by atoms with Gasteiger partial charge in [-0.25, -0.2) is 4.57 Å². The van der Waals surface area contributed by atoms with Gasteiger partial charge in [-0.1, -0.05) is 12.2 Å². The third-order valence-corrected chi connectivity index (χ3v) is 5.24. The number of rotatable bonds is 10. The van der Waals surface area contributed by atoms with Crippen molar-refractivity contribution in [2.75, 3.05) is 27.4 Å². The van der Waals surface area contributed by atoms with E-state index in [1.807, 2.05) is 12.3 Å². The smallest absolute Gasteiger partial charge is 0.356 e. The number of nitrogens with one attached hydrogen (secondary N) is 1. The molecule has 138 valence electrons. The van der Waals surface area contributed by atoms with Crippen LogP contribution in [0.15, 0.2) is 12.3 Å². The topological polar surface area (TPSA) is 86.8 Å². The van der Waals surface area contributed by atoms with E-state index in [0.717, 1.165) is 29.0 Å². The van der Waals surface area contributed by atoms with Crippen LogP contribution in [-0.2, 0) is 29.4 Å². The van der Waals surface area contributed by atoms with Crippen LogP contribution in [0.25, 0.3) is 12.2 Å². The number of unbranched alkanes of at least 4 members (excludes halogenated alkanes) is 1. The van der Waals surface area contributed by atoms with Crippen LogP contribution < -0.4 is 15.8 Å². The molecular formula is C17H25N2O5P. The van der Waals surface area contributed by atoms with Crippen LogP contribution in [0.5, 0.6) is 0 Å². The Balaban J connectivity index is 1.67. The Morgan fingerprint density at radius 1 is 1.20 bits per heavy atom. The Morgan fingerprint density at radius 3 is 2.64 bits per heavy atom. The van der Waals surface area contributed by atoms with Gasteiger partial charge in [-0.3, -0.25) is 23.3 Å². The molecule has 0 saturated carbocycles. The highest BCUT2D eigenvalue weighted by Gasteiger charge is 2.21. The number of pyridine rings is 1. The molecule has 0 aliphatic heterocycles. The molecule has 1 heterocycles. The number of carbonyl (C=O) groups is 1. The summed E-state index contributed by atoms with van der Waals surface area (Å²) in [5, 5.41) is 5.15. The molecule has 0 saturated heterocycles. The van der Waals surface area contributed by atoms with Crippen molar-refractivity contribution in [2.45, 2.75) is 32.1 Å². The second-order valence-electron chi connectivity index (χ2n) is 5.67. The number of phosphoric ester groups is 1. The molecule has 0 spiro atoms. The molecule has 0 unspecified atom stereocenters. The number of phosphoric acid groups is 1. The van der Waals surface area contributed by atoms with Crippen molar-refractivity contribution in [2.24, 2.45) is 0 Å². The summed E-state index contributed by atoms with van der Waals surface area (Å²) in [7, 11) is -0.860. The van der Waals surface area contributed by atoms with Gasteiger partial charge in [0, 0.05) is 27.0 Å². The van der Waals surface area contributed by atoms with Crippen LogP contribution >= 0.6 is 7.82 Å². The van der Waals surface area contributed by atoms with E-state index in [-0.39, 0.29) is 18.9 Å². The minimum Gasteiger partial charge on any atom is -0.356 e. The Hall–Kier alpha value is -1.53. The van der Waals surface area contributed by atoms with E-state index in [1.165, 1.54) is 14.2 Å². The maximum atomic E-state index is 12.0. The SMILES string of the molecule is COP(=O)(OC)OCCCCNC(=O)Cc1cc2c(cn1)=CCCC=2. The molecule has 7 nitrogen and oxygen atoms in total. The molecule has 25 heavy (non-hydrogen) atoms. The molecule has 8 heteroatoms. The van der Waals surface area contributed by atoms with Crippen LogP contribution in [0.4, 0.5) is 0 Å². The molecule has 1 aliphatic carbocycles. The first-order chi connectivity index (χ1) is 12.1. The Kier molecular flexibility index (Phi) is 7.78. The molecule has 1 aromatic heterocycles. The quantitative estimate of drug-likeness (QED) is 0.495. The van der Waals surface area contributed by atoms with Crippen molar-refractivity contribution in [3.05, 3.63) is 28.4 Å². The standard InChI is InChI=1S/C17H25N2O5P/c1-22-25(21,23-2)24-10-6-5-9-18-17(20)12-16-11-14-7-3-4-8-15(14)13-19-16/h7-8,11,13H,3-6,9-10,12H2,1-2H3,(H,18,20). The average Bonchev–Trinajstić information content (AvgIpc) is 2.64. The van der Waals surface area contributed by atoms with Crippen LogP contribution in [0, 0.1) is 0 Å². The van der Waals surface area contributed by atoms with Crippen molar-refractivity contribution in [1.82, 2.24) is 10.3 Å². The molecule has 0 aromatic carbocycles. The molecule has 2 rings (SSSR count).